The highest BCUT2D eigenvalue weighted by Gasteiger charge is 2.34. The number of benzene rings is 1. The van der Waals surface area contributed by atoms with Gasteiger partial charge in [-0.25, -0.2) is 0 Å². The molecule has 2 aliphatic rings. The number of nitrogens with zero attached hydrogens (tertiary/aromatic N) is 1. The monoisotopic (exact) mass is 259 g/mol. The van der Waals surface area contributed by atoms with E-state index in [9.17, 15) is 4.79 Å². The van der Waals surface area contributed by atoms with Gasteiger partial charge in [0.15, 0.2) is 0 Å². The summed E-state index contributed by atoms with van der Waals surface area (Å²) in [5.74, 6) is 0.199. The summed E-state index contributed by atoms with van der Waals surface area (Å²) in [7, 11) is 0. The minimum Gasteiger partial charge on any atom is -0.481 e. The molecule has 1 saturated carbocycles. The Morgan fingerprint density at radius 2 is 1.95 bits per heavy atom. The van der Waals surface area contributed by atoms with E-state index in [2.05, 4.69) is 29.2 Å². The van der Waals surface area contributed by atoms with E-state index in [-0.39, 0.29) is 11.8 Å². The Bertz CT molecular complexity index is 464. The molecule has 1 aromatic carbocycles. The second kappa shape index (κ2) is 4.97. The number of carbonyl (C=O) groups is 1. The molecule has 1 saturated heterocycles. The lowest BCUT2D eigenvalue weighted by molar-refractivity contribution is -0.142. The topological polar surface area (TPSA) is 40.5 Å². The van der Waals surface area contributed by atoms with Crippen molar-refractivity contribution in [3.8, 4) is 0 Å². The highest BCUT2D eigenvalue weighted by atomic mass is 16.4. The van der Waals surface area contributed by atoms with Crippen molar-refractivity contribution in [2.75, 3.05) is 13.1 Å². The van der Waals surface area contributed by atoms with Gasteiger partial charge in [-0.1, -0.05) is 31.2 Å². The largest absolute Gasteiger partial charge is 0.481 e. The van der Waals surface area contributed by atoms with Crippen molar-refractivity contribution < 1.29 is 9.90 Å². The fourth-order valence-corrected chi connectivity index (χ4v) is 3.09. The molecule has 1 N–H and O–H groups in total. The van der Waals surface area contributed by atoms with Crippen LogP contribution in [0.5, 0.6) is 0 Å². The molecule has 19 heavy (non-hydrogen) atoms. The predicted octanol–water partition coefficient (Wildman–Crippen LogP) is 2.72. The summed E-state index contributed by atoms with van der Waals surface area (Å²) in [4.78, 5) is 13.4. The molecule has 3 heteroatoms. The molecule has 1 aliphatic heterocycles. The maximum Gasteiger partial charge on any atom is 0.308 e. The van der Waals surface area contributed by atoms with Crippen LogP contribution in [0.2, 0.25) is 0 Å². The first-order valence-electron chi connectivity index (χ1n) is 7.17. The second-order valence-corrected chi connectivity index (χ2v) is 6.13. The van der Waals surface area contributed by atoms with Crippen LogP contribution in [0.15, 0.2) is 24.3 Å². The zero-order valence-corrected chi connectivity index (χ0v) is 11.4. The van der Waals surface area contributed by atoms with Gasteiger partial charge in [0.05, 0.1) is 5.92 Å². The van der Waals surface area contributed by atoms with Crippen LogP contribution in [0.4, 0.5) is 0 Å². The van der Waals surface area contributed by atoms with Gasteiger partial charge in [-0.2, -0.15) is 0 Å². The summed E-state index contributed by atoms with van der Waals surface area (Å²) in [5, 5.41) is 9.15. The molecule has 102 valence electrons. The highest BCUT2D eigenvalue weighted by molar-refractivity contribution is 5.71. The van der Waals surface area contributed by atoms with E-state index in [1.165, 1.54) is 24.0 Å². The number of rotatable bonds is 4. The van der Waals surface area contributed by atoms with Gasteiger partial charge in [-0.15, -0.1) is 0 Å². The van der Waals surface area contributed by atoms with Crippen molar-refractivity contribution >= 4 is 5.97 Å². The predicted molar refractivity (Wildman–Crippen MR) is 74.0 cm³/mol. The molecule has 2 unspecified atom stereocenters. The molecule has 0 bridgehead atoms. The van der Waals surface area contributed by atoms with Crippen LogP contribution >= 0.6 is 0 Å². The minimum absolute atomic E-state index is 0.203. The second-order valence-electron chi connectivity index (χ2n) is 6.13. The van der Waals surface area contributed by atoms with Gasteiger partial charge in [-0.05, 0) is 35.8 Å². The molecule has 2 atom stereocenters. The number of aliphatic carboxylic acids is 1. The lowest BCUT2D eigenvalue weighted by atomic mass is 9.99. The lowest BCUT2D eigenvalue weighted by Crippen LogP contribution is -2.23. The van der Waals surface area contributed by atoms with Crippen LogP contribution in [-0.4, -0.2) is 29.1 Å². The molecule has 2 fully saturated rings. The Balaban J connectivity index is 1.60. The first-order chi connectivity index (χ1) is 9.13. The third-order valence-corrected chi connectivity index (χ3v) is 4.44. The van der Waals surface area contributed by atoms with Gasteiger partial charge in [-0.3, -0.25) is 9.69 Å². The molecule has 0 radical (unpaired) electrons. The van der Waals surface area contributed by atoms with Gasteiger partial charge >= 0.3 is 5.97 Å². The molecule has 3 rings (SSSR count). The Morgan fingerprint density at radius 3 is 2.47 bits per heavy atom. The first-order valence-corrected chi connectivity index (χ1v) is 7.17. The van der Waals surface area contributed by atoms with Crippen LogP contribution in [0, 0.1) is 11.8 Å². The zero-order valence-electron chi connectivity index (χ0n) is 11.4. The number of carboxylic acid groups (broad SMARTS) is 1. The van der Waals surface area contributed by atoms with Crippen molar-refractivity contribution in [1.82, 2.24) is 4.90 Å². The van der Waals surface area contributed by atoms with E-state index in [0.717, 1.165) is 19.0 Å². The van der Waals surface area contributed by atoms with Crippen LogP contribution in [0.3, 0.4) is 0 Å². The number of hydrogen-bond acceptors (Lipinski definition) is 2. The molecule has 0 amide bonds. The van der Waals surface area contributed by atoms with Gasteiger partial charge < -0.3 is 5.11 Å². The Morgan fingerprint density at radius 1 is 1.26 bits per heavy atom. The van der Waals surface area contributed by atoms with E-state index in [0.29, 0.717) is 6.54 Å². The van der Waals surface area contributed by atoms with Crippen LogP contribution in [-0.2, 0) is 11.3 Å². The van der Waals surface area contributed by atoms with Gasteiger partial charge in [0.2, 0.25) is 0 Å². The summed E-state index contributed by atoms with van der Waals surface area (Å²) in [6.45, 7) is 4.48. The summed E-state index contributed by atoms with van der Waals surface area (Å²) in [6, 6.07) is 8.88. The Kier molecular flexibility index (Phi) is 3.31. The van der Waals surface area contributed by atoms with Crippen molar-refractivity contribution in [2.24, 2.45) is 11.8 Å². The van der Waals surface area contributed by atoms with Gasteiger partial charge in [0.1, 0.15) is 0 Å². The molecular formula is C16H21NO2. The molecule has 0 spiro atoms. The maximum absolute atomic E-state index is 11.1. The minimum atomic E-state index is -0.654. The van der Waals surface area contributed by atoms with E-state index >= 15 is 0 Å². The zero-order chi connectivity index (χ0) is 13.4. The van der Waals surface area contributed by atoms with E-state index in [1.54, 1.807) is 0 Å². The maximum atomic E-state index is 11.1. The quantitative estimate of drug-likeness (QED) is 0.903. The number of hydrogen-bond donors (Lipinski definition) is 1. The molecule has 0 aromatic heterocycles. The van der Waals surface area contributed by atoms with Crippen molar-refractivity contribution in [2.45, 2.75) is 32.2 Å². The van der Waals surface area contributed by atoms with E-state index < -0.39 is 5.97 Å². The molecule has 1 aromatic rings. The first kappa shape index (κ1) is 12.7. The lowest BCUT2D eigenvalue weighted by Gasteiger charge is -2.15. The standard InChI is InChI=1S/C16H21NO2/c1-11-8-17(10-15(11)16(18)19)9-12-2-4-13(5-3-12)14-6-7-14/h2-5,11,14-15H,6-10H2,1H3,(H,18,19). The summed E-state index contributed by atoms with van der Waals surface area (Å²) >= 11 is 0. The summed E-state index contributed by atoms with van der Waals surface area (Å²) in [6.07, 6.45) is 2.67. The summed E-state index contributed by atoms with van der Waals surface area (Å²) in [5.41, 5.74) is 2.75. The van der Waals surface area contributed by atoms with Gasteiger partial charge in [0, 0.05) is 19.6 Å². The molecule has 3 nitrogen and oxygen atoms in total. The van der Waals surface area contributed by atoms with Crippen molar-refractivity contribution in [3.63, 3.8) is 0 Å². The van der Waals surface area contributed by atoms with Gasteiger partial charge in [0.25, 0.3) is 0 Å². The van der Waals surface area contributed by atoms with Crippen molar-refractivity contribution in [1.29, 1.82) is 0 Å². The smallest absolute Gasteiger partial charge is 0.308 e. The van der Waals surface area contributed by atoms with E-state index in [4.69, 9.17) is 5.11 Å². The third kappa shape index (κ3) is 2.81. The number of likely N-dealkylation sites (tertiary alicyclic amines) is 1. The van der Waals surface area contributed by atoms with Crippen LogP contribution in [0.1, 0.15) is 36.8 Å². The molecular weight excluding hydrogens is 238 g/mol. The van der Waals surface area contributed by atoms with Crippen LogP contribution < -0.4 is 0 Å². The Hall–Kier alpha value is -1.35. The highest BCUT2D eigenvalue weighted by Crippen LogP contribution is 2.40. The average Bonchev–Trinajstić information content (AvgIpc) is 3.15. The summed E-state index contributed by atoms with van der Waals surface area (Å²) < 4.78 is 0. The fraction of sp³-hybridized carbons (Fsp3) is 0.562. The SMILES string of the molecule is CC1CN(Cc2ccc(C3CC3)cc2)CC1C(=O)O. The normalized spacial score (nSPS) is 27.6. The van der Waals surface area contributed by atoms with Crippen LogP contribution in [0.25, 0.3) is 0 Å². The Labute approximate surface area is 114 Å². The average molecular weight is 259 g/mol. The van der Waals surface area contributed by atoms with Crippen molar-refractivity contribution in [3.05, 3.63) is 35.4 Å². The number of carboxylic acids is 1. The molecule has 1 heterocycles. The molecule has 1 aliphatic carbocycles. The third-order valence-electron chi connectivity index (χ3n) is 4.44. The fourth-order valence-electron chi connectivity index (χ4n) is 3.09. The van der Waals surface area contributed by atoms with E-state index in [1.807, 2.05) is 6.92 Å².